The SMILES string of the molecule is C[N+](C)=CCl.C[N+](C)=CO.[CH3-].[Cl-].[Y]. The van der Waals surface area contributed by atoms with E-state index in [4.69, 9.17) is 16.7 Å². The maximum atomic E-state index is 7.94. The normalized spacial score (nSPS) is 5.31. The first-order chi connectivity index (χ1) is 4.54. The Bertz CT molecular complexity index is 116. The van der Waals surface area contributed by atoms with Gasteiger partial charge in [0.15, 0.2) is 0 Å². The number of hydrogen-bond acceptors (Lipinski definition) is 0. The summed E-state index contributed by atoms with van der Waals surface area (Å²) in [7, 11) is 7.24. The Morgan fingerprint density at radius 3 is 1.23 bits per heavy atom. The van der Waals surface area contributed by atoms with Crippen LogP contribution < -0.4 is 12.4 Å². The van der Waals surface area contributed by atoms with Gasteiger partial charge in [-0.05, 0) is 11.6 Å². The summed E-state index contributed by atoms with van der Waals surface area (Å²) in [4.78, 5) is 0. The fourth-order valence-electron chi connectivity index (χ4n) is 0. The molecule has 13 heavy (non-hydrogen) atoms. The molecular formula is C7H18Cl2N2OY. The zero-order valence-electron chi connectivity index (χ0n) is 8.83. The van der Waals surface area contributed by atoms with Gasteiger partial charge in [-0.2, -0.15) is 0 Å². The van der Waals surface area contributed by atoms with Crippen molar-refractivity contribution in [1.82, 2.24) is 0 Å². The van der Waals surface area contributed by atoms with E-state index in [1.54, 1.807) is 23.2 Å². The Balaban J connectivity index is -0.0000000267. The van der Waals surface area contributed by atoms with Gasteiger partial charge in [-0.25, -0.2) is 9.15 Å². The maximum absolute atomic E-state index is 7.94. The maximum Gasteiger partial charge on any atom is 0.320 e. The van der Waals surface area contributed by atoms with Crippen molar-refractivity contribution in [2.45, 2.75) is 0 Å². The van der Waals surface area contributed by atoms with Crippen LogP contribution in [0.5, 0.6) is 0 Å². The molecule has 0 saturated heterocycles. The predicted octanol–water partition coefficient (Wildman–Crippen LogP) is -2.18. The third-order valence-electron chi connectivity index (χ3n) is 0.426. The number of aliphatic hydroxyl groups is 1. The van der Waals surface area contributed by atoms with E-state index in [1.807, 2.05) is 14.1 Å². The Hall–Kier alpha value is 0.824. The van der Waals surface area contributed by atoms with Gasteiger partial charge in [-0.3, -0.25) is 0 Å². The molecule has 0 aliphatic heterocycles. The van der Waals surface area contributed by atoms with Gasteiger partial charge in [0, 0.05) is 32.7 Å². The zero-order chi connectivity index (χ0) is 8.57. The summed E-state index contributed by atoms with van der Waals surface area (Å²) < 4.78 is 3.32. The van der Waals surface area contributed by atoms with Crippen LogP contribution >= 0.6 is 11.6 Å². The van der Waals surface area contributed by atoms with Crippen molar-refractivity contribution in [2.24, 2.45) is 0 Å². The third kappa shape index (κ3) is 64.6. The van der Waals surface area contributed by atoms with E-state index in [-0.39, 0.29) is 52.5 Å². The van der Waals surface area contributed by atoms with Gasteiger partial charge in [-0.15, -0.1) is 0 Å². The van der Waals surface area contributed by atoms with Crippen LogP contribution in [0, 0.1) is 7.43 Å². The molecule has 0 amide bonds. The second kappa shape index (κ2) is 23.0. The van der Waals surface area contributed by atoms with Crippen LogP contribution in [-0.2, 0) is 32.7 Å². The van der Waals surface area contributed by atoms with E-state index in [0.717, 1.165) is 6.40 Å². The van der Waals surface area contributed by atoms with Crippen LogP contribution in [0.4, 0.5) is 0 Å². The monoisotopic (exact) mass is 305 g/mol. The second-order valence-electron chi connectivity index (χ2n) is 2.14. The minimum Gasteiger partial charge on any atom is -1.00 e. The summed E-state index contributed by atoms with van der Waals surface area (Å²) in [6.45, 7) is 0. The number of hydrogen-bond donors (Lipinski definition) is 1. The molecule has 0 aliphatic rings. The van der Waals surface area contributed by atoms with Crippen molar-refractivity contribution >= 4 is 23.7 Å². The van der Waals surface area contributed by atoms with Gasteiger partial charge in [-0.1, -0.05) is 0 Å². The summed E-state index contributed by atoms with van der Waals surface area (Å²) >= 11 is 5.14. The minimum atomic E-state index is 0. The van der Waals surface area contributed by atoms with Gasteiger partial charge in [0.2, 0.25) is 5.67 Å². The quantitative estimate of drug-likeness (QED) is 0.234. The molecule has 0 rings (SSSR count). The first kappa shape index (κ1) is 29.2. The van der Waals surface area contributed by atoms with Crippen molar-refractivity contribution in [3.8, 4) is 0 Å². The fourth-order valence-corrected chi connectivity index (χ4v) is 0. The molecule has 0 aromatic heterocycles. The average Bonchev–Trinajstić information content (AvgIpc) is 1.89. The molecule has 0 unspecified atom stereocenters. The van der Waals surface area contributed by atoms with Crippen LogP contribution in [0.1, 0.15) is 0 Å². The van der Waals surface area contributed by atoms with Crippen LogP contribution in [-0.4, -0.2) is 54.5 Å². The minimum absolute atomic E-state index is 0. The van der Waals surface area contributed by atoms with Crippen molar-refractivity contribution in [3.05, 3.63) is 7.43 Å². The van der Waals surface area contributed by atoms with Crippen LogP contribution in [0.2, 0.25) is 0 Å². The van der Waals surface area contributed by atoms with Gasteiger partial charge in [0.05, 0.1) is 0 Å². The molecule has 0 aromatic carbocycles. The molecule has 0 saturated carbocycles. The summed E-state index contributed by atoms with van der Waals surface area (Å²) in [6.07, 6.45) is 1.00. The Morgan fingerprint density at radius 1 is 1.08 bits per heavy atom. The van der Waals surface area contributed by atoms with E-state index in [9.17, 15) is 0 Å². The Labute approximate surface area is 118 Å². The number of aliphatic hydroxyl groups excluding tert-OH is 1. The first-order valence-corrected chi connectivity index (χ1v) is 3.22. The molecule has 0 atom stereocenters. The predicted molar refractivity (Wildman–Crippen MR) is 51.2 cm³/mol. The van der Waals surface area contributed by atoms with Gasteiger partial charge in [0.25, 0.3) is 0 Å². The molecule has 0 aromatic rings. The van der Waals surface area contributed by atoms with Gasteiger partial charge >= 0.3 is 6.40 Å². The van der Waals surface area contributed by atoms with E-state index >= 15 is 0 Å². The molecule has 0 fully saturated rings. The van der Waals surface area contributed by atoms with E-state index in [0.29, 0.717) is 0 Å². The Kier molecular flexibility index (Phi) is 51.7. The molecule has 1 N–H and O–H groups in total. The van der Waals surface area contributed by atoms with Crippen LogP contribution in [0.15, 0.2) is 0 Å². The largest absolute Gasteiger partial charge is 1.00 e. The first-order valence-electron chi connectivity index (χ1n) is 2.78. The van der Waals surface area contributed by atoms with Crippen LogP contribution in [0.3, 0.4) is 0 Å². The molecule has 0 spiro atoms. The van der Waals surface area contributed by atoms with Gasteiger partial charge in [0.1, 0.15) is 28.2 Å². The molecule has 6 heteroatoms. The smallest absolute Gasteiger partial charge is 0.320 e. The van der Waals surface area contributed by atoms with Crippen LogP contribution in [0.25, 0.3) is 0 Å². The van der Waals surface area contributed by atoms with Crippen molar-refractivity contribution in [2.75, 3.05) is 28.2 Å². The summed E-state index contributed by atoms with van der Waals surface area (Å²) in [5, 5.41) is 7.94. The van der Waals surface area contributed by atoms with Gasteiger partial charge < -0.3 is 24.9 Å². The number of rotatable bonds is 0. The third-order valence-corrected chi connectivity index (χ3v) is 0.816. The molecule has 0 heterocycles. The number of nitrogens with zero attached hydrogens (tertiary/aromatic N) is 2. The standard InChI is InChI=1S/C3H7ClN.C3H7NO.CH3.ClH.Y/c1-5(2)3-4;1-4(2)3-5;;;/h2*3H,1-2H3;1H3;1H;/q+1;;-1;;. The molecule has 0 bridgehead atoms. The van der Waals surface area contributed by atoms with Crippen molar-refractivity contribution < 1.29 is 59.4 Å². The van der Waals surface area contributed by atoms with Crippen molar-refractivity contribution in [3.63, 3.8) is 0 Å². The molecule has 1 radical (unpaired) electrons. The van der Waals surface area contributed by atoms with E-state index in [1.165, 1.54) is 5.67 Å². The Morgan fingerprint density at radius 2 is 1.23 bits per heavy atom. The number of halogens is 2. The summed E-state index contributed by atoms with van der Waals surface area (Å²) in [5.74, 6) is 0. The molecular weight excluding hydrogens is 288 g/mol. The average molecular weight is 306 g/mol. The zero-order valence-corrected chi connectivity index (χ0v) is 13.2. The molecule has 3 nitrogen and oxygen atoms in total. The summed E-state index contributed by atoms with van der Waals surface area (Å²) in [5.41, 5.74) is 1.47. The fraction of sp³-hybridized carbons (Fsp3) is 0.571. The summed E-state index contributed by atoms with van der Waals surface area (Å²) in [6, 6.07) is 0. The van der Waals surface area contributed by atoms with Crippen molar-refractivity contribution in [1.29, 1.82) is 0 Å². The second-order valence-corrected chi connectivity index (χ2v) is 2.34. The van der Waals surface area contributed by atoms with E-state index in [2.05, 4.69) is 0 Å². The van der Waals surface area contributed by atoms with E-state index < -0.39 is 0 Å². The topological polar surface area (TPSA) is 26.2 Å². The molecule has 0 aliphatic carbocycles. The molecule has 79 valence electrons.